The van der Waals surface area contributed by atoms with E-state index in [0.29, 0.717) is 5.92 Å². The summed E-state index contributed by atoms with van der Waals surface area (Å²) in [5, 5.41) is 4.20. The van der Waals surface area contributed by atoms with Gasteiger partial charge in [0.1, 0.15) is 0 Å². The summed E-state index contributed by atoms with van der Waals surface area (Å²) in [6.07, 6.45) is 11.3. The fourth-order valence-electron chi connectivity index (χ4n) is 1.75. The van der Waals surface area contributed by atoms with Crippen molar-refractivity contribution in [3.63, 3.8) is 0 Å². The maximum absolute atomic E-state index is 5.41. The average molecular weight is 190 g/mol. The summed E-state index contributed by atoms with van der Waals surface area (Å²) < 4.78 is 7.32. The van der Waals surface area contributed by atoms with E-state index < -0.39 is 0 Å². The van der Waals surface area contributed by atoms with E-state index in [1.54, 1.807) is 6.20 Å². The lowest BCUT2D eigenvalue weighted by Crippen LogP contribution is -2.22. The Morgan fingerprint density at radius 3 is 3.29 bits per heavy atom. The van der Waals surface area contributed by atoms with Gasteiger partial charge in [0.05, 0.1) is 18.4 Å². The van der Waals surface area contributed by atoms with Crippen molar-refractivity contribution in [2.45, 2.75) is 19.4 Å². The third kappa shape index (κ3) is 2.15. The van der Waals surface area contributed by atoms with Gasteiger partial charge in [-0.3, -0.25) is 4.68 Å². The van der Waals surface area contributed by atoms with Gasteiger partial charge in [-0.25, -0.2) is 0 Å². The Bertz CT molecular complexity index is 331. The van der Waals surface area contributed by atoms with Crippen LogP contribution in [0, 0.1) is 18.3 Å². The van der Waals surface area contributed by atoms with Gasteiger partial charge in [-0.05, 0) is 12.8 Å². The molecule has 3 heteroatoms. The molecule has 0 bridgehead atoms. The van der Waals surface area contributed by atoms with Gasteiger partial charge in [-0.2, -0.15) is 5.10 Å². The first-order chi connectivity index (χ1) is 6.88. The topological polar surface area (TPSA) is 27.1 Å². The molecule has 0 aromatic carbocycles. The predicted molar refractivity (Wildman–Crippen MR) is 53.7 cm³/mol. The van der Waals surface area contributed by atoms with Crippen LogP contribution < -0.4 is 0 Å². The van der Waals surface area contributed by atoms with Gasteiger partial charge in [0.25, 0.3) is 0 Å². The Kier molecular flexibility index (Phi) is 2.85. The zero-order valence-corrected chi connectivity index (χ0v) is 8.15. The molecule has 74 valence electrons. The Balaban J connectivity index is 1.93. The monoisotopic (exact) mass is 190 g/mol. The highest BCUT2D eigenvalue weighted by molar-refractivity contribution is 5.26. The molecule has 1 fully saturated rings. The molecule has 1 aliphatic heterocycles. The fourth-order valence-corrected chi connectivity index (χ4v) is 1.75. The molecule has 0 spiro atoms. The second-order valence-electron chi connectivity index (χ2n) is 3.68. The second kappa shape index (κ2) is 4.30. The van der Waals surface area contributed by atoms with Crippen molar-refractivity contribution < 1.29 is 4.74 Å². The summed E-state index contributed by atoms with van der Waals surface area (Å²) in [5.41, 5.74) is 0.849. The molecule has 1 aromatic rings. The van der Waals surface area contributed by atoms with Crippen molar-refractivity contribution in [2.75, 3.05) is 13.2 Å². The van der Waals surface area contributed by atoms with Crippen LogP contribution in [0.15, 0.2) is 12.4 Å². The van der Waals surface area contributed by atoms with Gasteiger partial charge in [-0.1, -0.05) is 5.92 Å². The van der Waals surface area contributed by atoms with Crippen molar-refractivity contribution in [1.82, 2.24) is 9.78 Å². The lowest BCUT2D eigenvalue weighted by molar-refractivity contribution is 0.0470. The van der Waals surface area contributed by atoms with Crippen molar-refractivity contribution in [3.8, 4) is 12.3 Å². The molecule has 1 atom stereocenters. The third-order valence-corrected chi connectivity index (χ3v) is 2.50. The maximum Gasteiger partial charge on any atom is 0.0646 e. The predicted octanol–water partition coefficient (Wildman–Crippen LogP) is 1.29. The largest absolute Gasteiger partial charge is 0.381 e. The molecule has 0 amide bonds. The summed E-state index contributed by atoms with van der Waals surface area (Å²) in [6.45, 7) is 2.68. The number of hydrogen-bond acceptors (Lipinski definition) is 2. The lowest BCUT2D eigenvalue weighted by Gasteiger charge is -2.21. The van der Waals surface area contributed by atoms with Crippen LogP contribution in [0.4, 0.5) is 0 Å². The molecule has 14 heavy (non-hydrogen) atoms. The number of terminal acetylenes is 1. The van der Waals surface area contributed by atoms with Gasteiger partial charge in [-0.15, -0.1) is 6.42 Å². The van der Waals surface area contributed by atoms with Crippen molar-refractivity contribution >= 4 is 0 Å². The number of ether oxygens (including phenoxy) is 1. The lowest BCUT2D eigenvalue weighted by atomic mass is 10.0. The summed E-state index contributed by atoms with van der Waals surface area (Å²) in [6, 6.07) is 0. The molecule has 1 unspecified atom stereocenters. The summed E-state index contributed by atoms with van der Waals surface area (Å²) in [5.74, 6) is 3.16. The van der Waals surface area contributed by atoms with Crippen LogP contribution in [0.3, 0.4) is 0 Å². The number of aromatic nitrogens is 2. The SMILES string of the molecule is C#Cc1cnn(CC2CCCOC2)c1. The highest BCUT2D eigenvalue weighted by Gasteiger charge is 2.14. The number of rotatable bonds is 2. The minimum absolute atomic E-state index is 0.592. The van der Waals surface area contributed by atoms with Crippen LogP contribution in [0.5, 0.6) is 0 Å². The van der Waals surface area contributed by atoms with Crippen molar-refractivity contribution in [1.29, 1.82) is 0 Å². The zero-order valence-electron chi connectivity index (χ0n) is 8.15. The molecule has 2 heterocycles. The number of hydrogen-bond donors (Lipinski definition) is 0. The summed E-state index contributed by atoms with van der Waals surface area (Å²) in [7, 11) is 0. The van der Waals surface area contributed by atoms with Gasteiger partial charge in [0.15, 0.2) is 0 Å². The fraction of sp³-hybridized carbons (Fsp3) is 0.545. The first-order valence-corrected chi connectivity index (χ1v) is 4.95. The number of nitrogens with zero attached hydrogens (tertiary/aromatic N) is 2. The summed E-state index contributed by atoms with van der Waals surface area (Å²) in [4.78, 5) is 0. The first-order valence-electron chi connectivity index (χ1n) is 4.95. The normalized spacial score (nSPS) is 21.8. The maximum atomic E-state index is 5.41. The Morgan fingerprint density at radius 2 is 2.64 bits per heavy atom. The van der Waals surface area contributed by atoms with Crippen LogP contribution in [0.1, 0.15) is 18.4 Å². The van der Waals surface area contributed by atoms with Crippen LogP contribution in [0.25, 0.3) is 0 Å². The molecule has 3 nitrogen and oxygen atoms in total. The standard InChI is InChI=1S/C11H14N2O/c1-2-10-6-12-13(7-10)8-11-4-3-5-14-9-11/h1,6-7,11H,3-5,8-9H2. The van der Waals surface area contributed by atoms with Gasteiger partial charge >= 0.3 is 0 Å². The van der Waals surface area contributed by atoms with E-state index >= 15 is 0 Å². The van der Waals surface area contributed by atoms with Gasteiger partial charge in [0, 0.05) is 25.3 Å². The molecular weight excluding hydrogens is 176 g/mol. The van der Waals surface area contributed by atoms with Crippen LogP contribution >= 0.6 is 0 Å². The van der Waals surface area contributed by atoms with E-state index in [4.69, 9.17) is 11.2 Å². The second-order valence-corrected chi connectivity index (χ2v) is 3.68. The third-order valence-electron chi connectivity index (χ3n) is 2.50. The van der Waals surface area contributed by atoms with Crippen LogP contribution in [-0.2, 0) is 11.3 Å². The Labute approximate surface area is 84.1 Å². The molecule has 0 N–H and O–H groups in total. The molecule has 1 aromatic heterocycles. The Hall–Kier alpha value is -1.27. The van der Waals surface area contributed by atoms with Gasteiger partial charge < -0.3 is 4.74 Å². The minimum Gasteiger partial charge on any atom is -0.381 e. The van der Waals surface area contributed by atoms with E-state index in [0.717, 1.165) is 31.7 Å². The average Bonchev–Trinajstić information content (AvgIpc) is 2.67. The van der Waals surface area contributed by atoms with E-state index in [9.17, 15) is 0 Å². The van der Waals surface area contributed by atoms with E-state index in [1.807, 2.05) is 10.9 Å². The van der Waals surface area contributed by atoms with E-state index in [1.165, 1.54) is 6.42 Å². The smallest absolute Gasteiger partial charge is 0.0646 e. The van der Waals surface area contributed by atoms with E-state index in [-0.39, 0.29) is 0 Å². The highest BCUT2D eigenvalue weighted by atomic mass is 16.5. The molecule has 1 aliphatic rings. The quantitative estimate of drug-likeness (QED) is 0.657. The molecule has 1 saturated heterocycles. The molecular formula is C11H14N2O. The molecule has 0 saturated carbocycles. The highest BCUT2D eigenvalue weighted by Crippen LogP contribution is 2.15. The van der Waals surface area contributed by atoms with Crippen LogP contribution in [0.2, 0.25) is 0 Å². The van der Waals surface area contributed by atoms with Crippen molar-refractivity contribution in [3.05, 3.63) is 18.0 Å². The summed E-state index contributed by atoms with van der Waals surface area (Å²) >= 11 is 0. The molecule has 0 radical (unpaired) electrons. The zero-order chi connectivity index (χ0) is 9.80. The van der Waals surface area contributed by atoms with Gasteiger partial charge in [0.2, 0.25) is 0 Å². The minimum atomic E-state index is 0.592. The molecule has 2 rings (SSSR count). The first kappa shape index (κ1) is 9.29. The van der Waals surface area contributed by atoms with Crippen LogP contribution in [-0.4, -0.2) is 23.0 Å². The van der Waals surface area contributed by atoms with Crippen molar-refractivity contribution in [2.24, 2.45) is 5.92 Å². The molecule has 0 aliphatic carbocycles. The van der Waals surface area contributed by atoms with E-state index in [2.05, 4.69) is 11.0 Å². The Morgan fingerprint density at radius 1 is 1.71 bits per heavy atom.